The van der Waals surface area contributed by atoms with E-state index in [1.165, 1.54) is 0 Å². The maximum atomic E-state index is 11.3. The number of hydrogen-bond donors (Lipinski definition) is 3. The lowest BCUT2D eigenvalue weighted by atomic mass is 10.2. The van der Waals surface area contributed by atoms with Crippen molar-refractivity contribution >= 4 is 17.6 Å². The van der Waals surface area contributed by atoms with Gasteiger partial charge in [-0.3, -0.25) is 0 Å². The summed E-state index contributed by atoms with van der Waals surface area (Å²) in [4.78, 5) is 11.3. The van der Waals surface area contributed by atoms with Gasteiger partial charge in [0.15, 0.2) is 0 Å². The third-order valence-corrected chi connectivity index (χ3v) is 2.62. The number of carbonyl (C=O) groups is 1. The van der Waals surface area contributed by atoms with Crippen molar-refractivity contribution in [2.45, 2.75) is 19.6 Å². The standard InChI is InChI=1S/C13H19ClN2O3/c1-10(8-17)16-13(18)15-6-7-19-9-11-2-4-12(14)5-3-11/h2-5,10,17H,6-9H2,1H3,(H2,15,16,18)/t10-/m0/s1. The minimum Gasteiger partial charge on any atom is -0.394 e. The van der Waals surface area contributed by atoms with Gasteiger partial charge in [-0.15, -0.1) is 0 Å². The van der Waals surface area contributed by atoms with Crippen molar-refractivity contribution in [3.05, 3.63) is 34.9 Å². The Morgan fingerprint density at radius 2 is 2.11 bits per heavy atom. The molecule has 106 valence electrons. The van der Waals surface area contributed by atoms with Gasteiger partial charge >= 0.3 is 6.03 Å². The molecule has 1 atom stereocenters. The lowest BCUT2D eigenvalue weighted by molar-refractivity contribution is 0.123. The van der Waals surface area contributed by atoms with Crippen LogP contribution in [0.1, 0.15) is 12.5 Å². The molecule has 0 heterocycles. The largest absolute Gasteiger partial charge is 0.394 e. The molecule has 0 bridgehead atoms. The average molecular weight is 287 g/mol. The fraction of sp³-hybridized carbons (Fsp3) is 0.462. The van der Waals surface area contributed by atoms with Crippen LogP contribution in [0.3, 0.4) is 0 Å². The molecule has 0 saturated carbocycles. The first-order chi connectivity index (χ1) is 9.11. The molecule has 6 heteroatoms. The summed E-state index contributed by atoms with van der Waals surface area (Å²) >= 11 is 5.77. The highest BCUT2D eigenvalue weighted by Gasteiger charge is 2.04. The van der Waals surface area contributed by atoms with Gasteiger partial charge in [-0.05, 0) is 24.6 Å². The molecule has 5 nitrogen and oxygen atoms in total. The van der Waals surface area contributed by atoms with Gasteiger partial charge < -0.3 is 20.5 Å². The predicted molar refractivity (Wildman–Crippen MR) is 74.2 cm³/mol. The summed E-state index contributed by atoms with van der Waals surface area (Å²) in [6.07, 6.45) is 0. The van der Waals surface area contributed by atoms with Gasteiger partial charge in [0.1, 0.15) is 0 Å². The number of carbonyl (C=O) groups excluding carboxylic acids is 1. The molecule has 0 aliphatic carbocycles. The van der Waals surface area contributed by atoms with E-state index in [0.717, 1.165) is 5.56 Å². The maximum Gasteiger partial charge on any atom is 0.315 e. The number of ether oxygens (including phenoxy) is 1. The third-order valence-electron chi connectivity index (χ3n) is 2.37. The van der Waals surface area contributed by atoms with Gasteiger partial charge in [-0.1, -0.05) is 23.7 Å². The Balaban J connectivity index is 2.08. The first-order valence-corrected chi connectivity index (χ1v) is 6.47. The van der Waals surface area contributed by atoms with Gasteiger partial charge in [0, 0.05) is 11.6 Å². The number of hydrogen-bond acceptors (Lipinski definition) is 3. The number of aliphatic hydroxyl groups excluding tert-OH is 1. The molecule has 0 aliphatic heterocycles. The molecule has 0 aliphatic rings. The Kier molecular flexibility index (Phi) is 7.25. The van der Waals surface area contributed by atoms with E-state index in [1.54, 1.807) is 6.92 Å². The SMILES string of the molecule is C[C@@H](CO)NC(=O)NCCOCc1ccc(Cl)cc1. The molecule has 0 radical (unpaired) electrons. The quantitative estimate of drug-likeness (QED) is 0.666. The summed E-state index contributed by atoms with van der Waals surface area (Å²) in [6.45, 7) is 2.95. The summed E-state index contributed by atoms with van der Waals surface area (Å²) in [5.41, 5.74) is 1.03. The van der Waals surface area contributed by atoms with Crippen molar-refractivity contribution in [2.75, 3.05) is 19.8 Å². The van der Waals surface area contributed by atoms with Crippen LogP contribution in [0.4, 0.5) is 4.79 Å². The van der Waals surface area contributed by atoms with Crippen LogP contribution in [0.5, 0.6) is 0 Å². The van der Waals surface area contributed by atoms with Gasteiger partial charge in [-0.25, -0.2) is 4.79 Å². The van der Waals surface area contributed by atoms with Gasteiger partial charge in [-0.2, -0.15) is 0 Å². The van der Waals surface area contributed by atoms with Crippen molar-refractivity contribution < 1.29 is 14.6 Å². The lowest BCUT2D eigenvalue weighted by Gasteiger charge is -2.12. The molecule has 19 heavy (non-hydrogen) atoms. The van der Waals surface area contributed by atoms with E-state index in [-0.39, 0.29) is 18.7 Å². The van der Waals surface area contributed by atoms with Gasteiger partial charge in [0.05, 0.1) is 25.9 Å². The van der Waals surface area contributed by atoms with E-state index < -0.39 is 0 Å². The molecule has 0 spiro atoms. The second kappa shape index (κ2) is 8.74. The normalized spacial score (nSPS) is 11.9. The van der Waals surface area contributed by atoms with Crippen LogP contribution in [0.2, 0.25) is 5.02 Å². The van der Waals surface area contributed by atoms with Crippen LogP contribution >= 0.6 is 11.6 Å². The summed E-state index contributed by atoms with van der Waals surface area (Å²) in [5, 5.41) is 14.7. The third kappa shape index (κ3) is 7.00. The molecule has 0 aromatic heterocycles. The monoisotopic (exact) mass is 286 g/mol. The fourth-order valence-corrected chi connectivity index (χ4v) is 1.45. The molecule has 1 aromatic rings. The minimum atomic E-state index is -0.309. The van der Waals surface area contributed by atoms with E-state index in [0.29, 0.717) is 24.8 Å². The zero-order chi connectivity index (χ0) is 14.1. The minimum absolute atomic E-state index is 0.0829. The van der Waals surface area contributed by atoms with Crippen LogP contribution in [-0.4, -0.2) is 36.9 Å². The maximum absolute atomic E-state index is 11.3. The molecular formula is C13H19ClN2O3. The molecule has 0 unspecified atom stereocenters. The predicted octanol–water partition coefficient (Wildman–Crippen LogP) is 1.54. The summed E-state index contributed by atoms with van der Waals surface area (Å²) in [7, 11) is 0. The summed E-state index contributed by atoms with van der Waals surface area (Å²) < 4.78 is 5.41. The van der Waals surface area contributed by atoms with Crippen LogP contribution in [0, 0.1) is 0 Å². The summed E-state index contributed by atoms with van der Waals surface area (Å²) in [6, 6.07) is 6.84. The smallest absolute Gasteiger partial charge is 0.315 e. The summed E-state index contributed by atoms with van der Waals surface area (Å²) in [5.74, 6) is 0. The van der Waals surface area contributed by atoms with E-state index in [1.807, 2.05) is 24.3 Å². The van der Waals surface area contributed by atoms with E-state index in [2.05, 4.69) is 10.6 Å². The number of urea groups is 1. The Morgan fingerprint density at radius 1 is 1.42 bits per heavy atom. The van der Waals surface area contributed by atoms with E-state index >= 15 is 0 Å². The van der Waals surface area contributed by atoms with Crippen molar-refractivity contribution in [2.24, 2.45) is 0 Å². The molecule has 0 saturated heterocycles. The molecule has 2 amide bonds. The number of amides is 2. The first-order valence-electron chi connectivity index (χ1n) is 6.09. The molecule has 1 aromatic carbocycles. The molecule has 1 rings (SSSR count). The fourth-order valence-electron chi connectivity index (χ4n) is 1.33. The highest BCUT2D eigenvalue weighted by molar-refractivity contribution is 6.30. The average Bonchev–Trinajstić information content (AvgIpc) is 2.40. The van der Waals surface area contributed by atoms with Crippen LogP contribution in [0.25, 0.3) is 0 Å². The number of rotatable bonds is 7. The molecule has 3 N–H and O–H groups in total. The van der Waals surface area contributed by atoms with E-state index in [9.17, 15) is 4.79 Å². The first kappa shape index (κ1) is 15.8. The Morgan fingerprint density at radius 3 is 2.74 bits per heavy atom. The Labute approximate surface area is 117 Å². The van der Waals surface area contributed by atoms with E-state index in [4.69, 9.17) is 21.4 Å². The Hall–Kier alpha value is -1.30. The number of benzene rings is 1. The Bertz CT molecular complexity index is 384. The second-order valence-corrected chi connectivity index (χ2v) is 4.60. The highest BCUT2D eigenvalue weighted by atomic mass is 35.5. The number of halogens is 1. The zero-order valence-electron chi connectivity index (χ0n) is 10.9. The number of nitrogens with one attached hydrogen (secondary N) is 2. The second-order valence-electron chi connectivity index (χ2n) is 4.16. The van der Waals surface area contributed by atoms with Gasteiger partial charge in [0.2, 0.25) is 0 Å². The van der Waals surface area contributed by atoms with Gasteiger partial charge in [0.25, 0.3) is 0 Å². The molecule has 0 fully saturated rings. The van der Waals surface area contributed by atoms with Crippen molar-refractivity contribution in [1.82, 2.24) is 10.6 Å². The zero-order valence-corrected chi connectivity index (χ0v) is 11.6. The highest BCUT2D eigenvalue weighted by Crippen LogP contribution is 2.09. The van der Waals surface area contributed by atoms with Crippen LogP contribution < -0.4 is 10.6 Å². The topological polar surface area (TPSA) is 70.6 Å². The van der Waals surface area contributed by atoms with Crippen molar-refractivity contribution in [3.63, 3.8) is 0 Å². The van der Waals surface area contributed by atoms with Crippen molar-refractivity contribution in [1.29, 1.82) is 0 Å². The van der Waals surface area contributed by atoms with Crippen LogP contribution in [0.15, 0.2) is 24.3 Å². The van der Waals surface area contributed by atoms with Crippen LogP contribution in [-0.2, 0) is 11.3 Å². The molecular weight excluding hydrogens is 268 g/mol. The lowest BCUT2D eigenvalue weighted by Crippen LogP contribution is -2.43. The van der Waals surface area contributed by atoms with Crippen molar-refractivity contribution in [3.8, 4) is 0 Å². The number of aliphatic hydroxyl groups is 1.